The third kappa shape index (κ3) is 4.05. The first-order chi connectivity index (χ1) is 10.7. The summed E-state index contributed by atoms with van der Waals surface area (Å²) < 4.78 is 23.0. The number of benzene rings is 2. The van der Waals surface area contributed by atoms with Crippen LogP contribution in [0.5, 0.6) is 0 Å². The van der Waals surface area contributed by atoms with Crippen molar-refractivity contribution in [3.05, 3.63) is 63.2 Å². The first-order valence-corrected chi connectivity index (χ1v) is 8.51. The molecule has 2 aromatic carbocycles. The number of carbonyl (C=O) groups excluding carboxylic acids is 1. The van der Waals surface area contributed by atoms with Crippen molar-refractivity contribution in [1.29, 1.82) is 0 Å². The van der Waals surface area contributed by atoms with E-state index < -0.39 is 20.7 Å². The third-order valence-electron chi connectivity index (χ3n) is 2.94. The van der Waals surface area contributed by atoms with Crippen LogP contribution < -0.4 is 5.32 Å². The van der Waals surface area contributed by atoms with Gasteiger partial charge in [-0.25, -0.2) is 8.42 Å². The number of nitrogens with zero attached hydrogens (tertiary/aromatic N) is 1. The molecule has 2 aromatic rings. The number of halogens is 1. The van der Waals surface area contributed by atoms with Gasteiger partial charge in [0.15, 0.2) is 9.84 Å². The summed E-state index contributed by atoms with van der Waals surface area (Å²) in [6.07, 6.45) is 1.04. The molecule has 0 saturated carbocycles. The molecule has 0 aliphatic rings. The summed E-state index contributed by atoms with van der Waals surface area (Å²) in [6, 6.07) is 9.14. The molecule has 9 heteroatoms. The van der Waals surface area contributed by atoms with E-state index in [4.69, 9.17) is 11.6 Å². The molecule has 120 valence electrons. The SMILES string of the molecule is CS(=O)(=O)c1cccc(C(=O)Nc2ccc([N+](=O)[O-])cc2Cl)c1. The summed E-state index contributed by atoms with van der Waals surface area (Å²) in [4.78, 5) is 22.2. The highest BCUT2D eigenvalue weighted by Crippen LogP contribution is 2.27. The number of hydrogen-bond donors (Lipinski definition) is 1. The maximum atomic E-state index is 12.2. The Kier molecular flexibility index (Phi) is 4.67. The Labute approximate surface area is 137 Å². The molecule has 0 fully saturated rings. The molecule has 7 nitrogen and oxygen atoms in total. The van der Waals surface area contributed by atoms with Crippen molar-refractivity contribution >= 4 is 38.7 Å². The fraction of sp³-hybridized carbons (Fsp3) is 0.0714. The predicted octanol–water partition coefficient (Wildman–Crippen LogP) is 2.90. The lowest BCUT2D eigenvalue weighted by molar-refractivity contribution is -0.384. The van der Waals surface area contributed by atoms with E-state index in [2.05, 4.69) is 5.32 Å². The smallest absolute Gasteiger partial charge is 0.271 e. The molecular weight excluding hydrogens is 344 g/mol. The van der Waals surface area contributed by atoms with Crippen molar-refractivity contribution in [3.8, 4) is 0 Å². The summed E-state index contributed by atoms with van der Waals surface area (Å²) in [5, 5.41) is 13.1. The molecule has 23 heavy (non-hydrogen) atoms. The van der Waals surface area contributed by atoms with Crippen LogP contribution in [0, 0.1) is 10.1 Å². The average Bonchev–Trinajstić information content (AvgIpc) is 2.48. The molecule has 0 aliphatic carbocycles. The minimum absolute atomic E-state index is 0.00631. The average molecular weight is 355 g/mol. The molecule has 0 heterocycles. The third-order valence-corrected chi connectivity index (χ3v) is 4.36. The minimum Gasteiger partial charge on any atom is -0.321 e. The van der Waals surface area contributed by atoms with Crippen LogP contribution in [0.15, 0.2) is 47.4 Å². The molecule has 0 aromatic heterocycles. The maximum Gasteiger partial charge on any atom is 0.271 e. The van der Waals surface area contributed by atoms with Gasteiger partial charge in [0.25, 0.3) is 11.6 Å². The van der Waals surface area contributed by atoms with Crippen LogP contribution in [0.4, 0.5) is 11.4 Å². The molecule has 1 N–H and O–H groups in total. The zero-order valence-electron chi connectivity index (χ0n) is 11.8. The summed E-state index contributed by atoms with van der Waals surface area (Å²) in [5.41, 5.74) is 0.112. The molecule has 0 saturated heterocycles. The molecule has 2 rings (SSSR count). The fourth-order valence-electron chi connectivity index (χ4n) is 1.78. The quantitative estimate of drug-likeness (QED) is 0.671. The van der Waals surface area contributed by atoms with Gasteiger partial charge in [-0.15, -0.1) is 0 Å². The van der Waals surface area contributed by atoms with Crippen LogP contribution in [0.25, 0.3) is 0 Å². The van der Waals surface area contributed by atoms with Gasteiger partial charge in [0.1, 0.15) is 0 Å². The van der Waals surface area contributed by atoms with Gasteiger partial charge in [-0.05, 0) is 24.3 Å². The molecule has 0 bridgehead atoms. The number of sulfone groups is 1. The Morgan fingerprint density at radius 2 is 1.91 bits per heavy atom. The summed E-state index contributed by atoms with van der Waals surface area (Å²) in [7, 11) is -3.44. The lowest BCUT2D eigenvalue weighted by Gasteiger charge is -2.08. The first-order valence-electron chi connectivity index (χ1n) is 6.24. The van der Waals surface area contributed by atoms with Crippen molar-refractivity contribution in [2.75, 3.05) is 11.6 Å². The summed E-state index contributed by atoms with van der Waals surface area (Å²) in [6.45, 7) is 0. The Hall–Kier alpha value is -2.45. The fourth-order valence-corrected chi connectivity index (χ4v) is 2.67. The van der Waals surface area contributed by atoms with Crippen LogP contribution in [0.3, 0.4) is 0 Å². The van der Waals surface area contributed by atoms with E-state index in [1.54, 1.807) is 0 Å². The van der Waals surface area contributed by atoms with Crippen molar-refractivity contribution in [1.82, 2.24) is 0 Å². The first kappa shape index (κ1) is 16.9. The van der Waals surface area contributed by atoms with Crippen LogP contribution in [0.1, 0.15) is 10.4 Å². The number of carbonyl (C=O) groups is 1. The van der Waals surface area contributed by atoms with Crippen molar-refractivity contribution in [2.24, 2.45) is 0 Å². The monoisotopic (exact) mass is 354 g/mol. The Balaban J connectivity index is 2.28. The highest BCUT2D eigenvalue weighted by atomic mass is 35.5. The van der Waals surface area contributed by atoms with Crippen molar-refractivity contribution in [3.63, 3.8) is 0 Å². The Morgan fingerprint density at radius 1 is 1.22 bits per heavy atom. The van der Waals surface area contributed by atoms with Gasteiger partial charge in [-0.2, -0.15) is 0 Å². The van der Waals surface area contributed by atoms with E-state index in [0.717, 1.165) is 12.3 Å². The Bertz CT molecular complexity index is 896. The zero-order valence-corrected chi connectivity index (χ0v) is 13.4. The summed E-state index contributed by atoms with van der Waals surface area (Å²) in [5.74, 6) is -0.578. The molecular formula is C14H11ClN2O5S. The Morgan fingerprint density at radius 3 is 2.48 bits per heavy atom. The van der Waals surface area contributed by atoms with Gasteiger partial charge < -0.3 is 5.32 Å². The molecule has 0 aliphatic heterocycles. The van der Waals surface area contributed by atoms with E-state index in [1.165, 1.54) is 36.4 Å². The van der Waals surface area contributed by atoms with E-state index in [9.17, 15) is 23.3 Å². The number of nitrogens with one attached hydrogen (secondary N) is 1. The van der Waals surface area contributed by atoms with Gasteiger partial charge in [-0.3, -0.25) is 14.9 Å². The largest absolute Gasteiger partial charge is 0.321 e. The number of nitro benzene ring substituents is 1. The van der Waals surface area contributed by atoms with Gasteiger partial charge in [0, 0.05) is 24.0 Å². The lowest BCUT2D eigenvalue weighted by atomic mass is 10.2. The van der Waals surface area contributed by atoms with Gasteiger partial charge in [0.05, 0.1) is 20.5 Å². The summed E-state index contributed by atoms with van der Waals surface area (Å²) >= 11 is 5.89. The molecule has 1 amide bonds. The molecule has 0 unspecified atom stereocenters. The predicted molar refractivity (Wildman–Crippen MR) is 85.6 cm³/mol. The highest BCUT2D eigenvalue weighted by molar-refractivity contribution is 7.90. The molecule has 0 radical (unpaired) electrons. The lowest BCUT2D eigenvalue weighted by Crippen LogP contribution is -2.13. The van der Waals surface area contributed by atoms with Crippen LogP contribution in [-0.4, -0.2) is 25.5 Å². The number of rotatable bonds is 4. The highest BCUT2D eigenvalue weighted by Gasteiger charge is 2.14. The van der Waals surface area contributed by atoms with Crippen LogP contribution in [-0.2, 0) is 9.84 Å². The number of non-ortho nitro benzene ring substituents is 1. The van der Waals surface area contributed by atoms with E-state index in [0.29, 0.717) is 0 Å². The minimum atomic E-state index is -3.44. The van der Waals surface area contributed by atoms with E-state index in [-0.39, 0.29) is 26.9 Å². The second-order valence-corrected chi connectivity index (χ2v) is 7.10. The zero-order chi connectivity index (χ0) is 17.2. The van der Waals surface area contributed by atoms with Gasteiger partial charge in [0.2, 0.25) is 0 Å². The van der Waals surface area contributed by atoms with E-state index >= 15 is 0 Å². The molecule has 0 spiro atoms. The van der Waals surface area contributed by atoms with Crippen molar-refractivity contribution < 1.29 is 18.1 Å². The normalized spacial score (nSPS) is 11.0. The standard InChI is InChI=1S/C14H11ClN2O5S/c1-23(21,22)11-4-2-3-9(7-11)14(18)16-13-6-5-10(17(19)20)8-12(13)15/h2-8H,1H3,(H,16,18). The van der Waals surface area contributed by atoms with Crippen LogP contribution >= 0.6 is 11.6 Å². The number of nitro groups is 1. The maximum absolute atomic E-state index is 12.2. The second kappa shape index (κ2) is 6.35. The van der Waals surface area contributed by atoms with Gasteiger partial charge >= 0.3 is 0 Å². The second-order valence-electron chi connectivity index (χ2n) is 4.68. The number of anilines is 1. The number of amides is 1. The van der Waals surface area contributed by atoms with Crippen LogP contribution in [0.2, 0.25) is 5.02 Å². The molecule has 0 atom stereocenters. The van der Waals surface area contributed by atoms with Gasteiger partial charge in [-0.1, -0.05) is 17.7 Å². The topological polar surface area (TPSA) is 106 Å². The number of hydrogen-bond acceptors (Lipinski definition) is 5. The van der Waals surface area contributed by atoms with Crippen molar-refractivity contribution in [2.45, 2.75) is 4.90 Å². The van der Waals surface area contributed by atoms with E-state index in [1.807, 2.05) is 0 Å².